The Hall–Kier alpha value is -2.20. The first-order valence-corrected chi connectivity index (χ1v) is 9.34. The molecule has 0 unspecified atom stereocenters. The molecule has 0 radical (unpaired) electrons. The first-order chi connectivity index (χ1) is 12.2. The van der Waals surface area contributed by atoms with Crippen molar-refractivity contribution in [1.29, 1.82) is 0 Å². The summed E-state index contributed by atoms with van der Waals surface area (Å²) in [7, 11) is 0. The van der Waals surface area contributed by atoms with Crippen LogP contribution in [0.3, 0.4) is 0 Å². The Balaban J connectivity index is 1.72. The number of aryl methyl sites for hydroxylation is 1. The van der Waals surface area contributed by atoms with Crippen molar-refractivity contribution in [3.8, 4) is 0 Å². The fourth-order valence-electron chi connectivity index (χ4n) is 3.44. The van der Waals surface area contributed by atoms with Crippen LogP contribution >= 0.6 is 15.9 Å². The number of hydrogen-bond acceptors (Lipinski definition) is 3. The SMILES string of the molecule is O=C(OCc1ccccc1Br)c1c2c(nc3ccccc13)CCCC2. The van der Waals surface area contributed by atoms with E-state index in [1.54, 1.807) is 0 Å². The van der Waals surface area contributed by atoms with Crippen LogP contribution in [0.5, 0.6) is 0 Å². The summed E-state index contributed by atoms with van der Waals surface area (Å²) < 4.78 is 6.62. The van der Waals surface area contributed by atoms with Gasteiger partial charge in [0, 0.05) is 21.1 Å². The number of carbonyl (C=O) groups is 1. The summed E-state index contributed by atoms with van der Waals surface area (Å²) in [5.74, 6) is -0.257. The van der Waals surface area contributed by atoms with Crippen LogP contribution < -0.4 is 0 Å². The van der Waals surface area contributed by atoms with Gasteiger partial charge in [0.1, 0.15) is 6.61 Å². The number of para-hydroxylation sites is 1. The van der Waals surface area contributed by atoms with Crippen molar-refractivity contribution in [2.75, 3.05) is 0 Å². The van der Waals surface area contributed by atoms with Gasteiger partial charge in [-0.15, -0.1) is 0 Å². The largest absolute Gasteiger partial charge is 0.457 e. The van der Waals surface area contributed by atoms with E-state index in [1.807, 2.05) is 48.5 Å². The first kappa shape index (κ1) is 16.3. The van der Waals surface area contributed by atoms with Gasteiger partial charge < -0.3 is 4.74 Å². The number of fused-ring (bicyclic) bond motifs is 2. The zero-order chi connectivity index (χ0) is 17.2. The Morgan fingerprint density at radius 3 is 2.68 bits per heavy atom. The molecule has 0 bridgehead atoms. The van der Waals surface area contributed by atoms with Crippen LogP contribution in [-0.2, 0) is 24.2 Å². The minimum atomic E-state index is -0.257. The molecule has 0 atom stereocenters. The average Bonchev–Trinajstić information content (AvgIpc) is 2.65. The number of hydrogen-bond donors (Lipinski definition) is 0. The smallest absolute Gasteiger partial charge is 0.339 e. The normalized spacial score (nSPS) is 13.5. The monoisotopic (exact) mass is 395 g/mol. The fraction of sp³-hybridized carbons (Fsp3) is 0.238. The van der Waals surface area contributed by atoms with E-state index in [9.17, 15) is 4.79 Å². The van der Waals surface area contributed by atoms with Gasteiger partial charge in [0.25, 0.3) is 0 Å². The minimum Gasteiger partial charge on any atom is -0.457 e. The van der Waals surface area contributed by atoms with Crippen LogP contribution in [0.1, 0.15) is 40.0 Å². The number of rotatable bonds is 3. The van der Waals surface area contributed by atoms with E-state index in [0.29, 0.717) is 5.56 Å². The summed E-state index contributed by atoms with van der Waals surface area (Å²) in [5, 5.41) is 0.889. The summed E-state index contributed by atoms with van der Waals surface area (Å²) in [4.78, 5) is 17.7. The summed E-state index contributed by atoms with van der Waals surface area (Å²) in [6.07, 6.45) is 4.05. The molecule has 126 valence electrons. The predicted octanol–water partition coefficient (Wildman–Crippen LogP) is 5.23. The summed E-state index contributed by atoms with van der Waals surface area (Å²) >= 11 is 3.50. The van der Waals surface area contributed by atoms with E-state index in [-0.39, 0.29) is 12.6 Å². The van der Waals surface area contributed by atoms with Crippen molar-refractivity contribution in [3.63, 3.8) is 0 Å². The molecule has 3 nitrogen and oxygen atoms in total. The highest BCUT2D eigenvalue weighted by Gasteiger charge is 2.23. The van der Waals surface area contributed by atoms with E-state index >= 15 is 0 Å². The standard InChI is InChI=1S/C21H18BrNO2/c22-17-10-4-1-7-14(17)13-25-21(24)20-15-8-2-5-11-18(15)23-19-12-6-3-9-16(19)20/h1-2,4-5,7-8,10-11H,3,6,9,12-13H2. The van der Waals surface area contributed by atoms with E-state index in [4.69, 9.17) is 9.72 Å². The Kier molecular flexibility index (Phi) is 4.53. The van der Waals surface area contributed by atoms with Gasteiger partial charge in [-0.25, -0.2) is 4.79 Å². The van der Waals surface area contributed by atoms with Crippen molar-refractivity contribution in [3.05, 3.63) is 75.4 Å². The lowest BCUT2D eigenvalue weighted by molar-refractivity contribution is 0.0472. The Labute approximate surface area is 155 Å². The van der Waals surface area contributed by atoms with E-state index in [0.717, 1.165) is 57.9 Å². The minimum absolute atomic E-state index is 0.256. The molecule has 25 heavy (non-hydrogen) atoms. The maximum atomic E-state index is 12.9. The second-order valence-corrected chi connectivity index (χ2v) is 7.16. The Morgan fingerprint density at radius 1 is 1.04 bits per heavy atom. The van der Waals surface area contributed by atoms with E-state index in [2.05, 4.69) is 15.9 Å². The summed E-state index contributed by atoms with van der Waals surface area (Å²) in [6.45, 7) is 0.256. The van der Waals surface area contributed by atoms with Crippen LogP contribution in [0.15, 0.2) is 53.0 Å². The number of nitrogens with zero attached hydrogens (tertiary/aromatic N) is 1. The topological polar surface area (TPSA) is 39.2 Å². The lowest BCUT2D eigenvalue weighted by atomic mass is 9.90. The van der Waals surface area contributed by atoms with Crippen molar-refractivity contribution in [2.24, 2.45) is 0 Å². The first-order valence-electron chi connectivity index (χ1n) is 8.55. The predicted molar refractivity (Wildman–Crippen MR) is 102 cm³/mol. The molecular weight excluding hydrogens is 378 g/mol. The third-order valence-corrected chi connectivity index (χ3v) is 5.46. The van der Waals surface area contributed by atoms with E-state index in [1.165, 1.54) is 0 Å². The van der Waals surface area contributed by atoms with Gasteiger partial charge in [-0.2, -0.15) is 0 Å². The van der Waals surface area contributed by atoms with Crippen LogP contribution in [0.4, 0.5) is 0 Å². The molecule has 4 rings (SSSR count). The van der Waals surface area contributed by atoms with Gasteiger partial charge in [-0.05, 0) is 43.4 Å². The number of pyridine rings is 1. The highest BCUT2D eigenvalue weighted by atomic mass is 79.9. The number of esters is 1. The fourth-order valence-corrected chi connectivity index (χ4v) is 3.84. The van der Waals surface area contributed by atoms with Crippen molar-refractivity contribution < 1.29 is 9.53 Å². The third kappa shape index (κ3) is 3.19. The molecular formula is C21H18BrNO2. The molecule has 0 saturated carbocycles. The number of ether oxygens (including phenoxy) is 1. The number of aromatic nitrogens is 1. The van der Waals surface area contributed by atoms with Crippen LogP contribution in [0.25, 0.3) is 10.9 Å². The van der Waals surface area contributed by atoms with Gasteiger partial charge in [-0.1, -0.05) is 52.3 Å². The highest BCUT2D eigenvalue weighted by Crippen LogP contribution is 2.30. The van der Waals surface area contributed by atoms with Gasteiger partial charge in [-0.3, -0.25) is 4.98 Å². The molecule has 0 aliphatic heterocycles. The lowest BCUT2D eigenvalue weighted by Gasteiger charge is -2.20. The average molecular weight is 396 g/mol. The Bertz CT molecular complexity index is 952. The molecule has 0 saturated heterocycles. The molecule has 1 aliphatic rings. The molecule has 1 heterocycles. The zero-order valence-electron chi connectivity index (χ0n) is 13.8. The van der Waals surface area contributed by atoms with Gasteiger partial charge in [0.2, 0.25) is 0 Å². The third-order valence-electron chi connectivity index (χ3n) is 4.69. The second-order valence-electron chi connectivity index (χ2n) is 6.30. The number of halogens is 1. The molecule has 0 amide bonds. The van der Waals surface area contributed by atoms with Crippen LogP contribution in [0, 0.1) is 0 Å². The molecule has 0 spiro atoms. The number of carbonyl (C=O) groups excluding carboxylic acids is 1. The molecule has 1 aromatic heterocycles. The quantitative estimate of drug-likeness (QED) is 0.569. The van der Waals surface area contributed by atoms with Gasteiger partial charge in [0.15, 0.2) is 0 Å². The molecule has 2 aromatic carbocycles. The molecule has 1 aliphatic carbocycles. The van der Waals surface area contributed by atoms with Crippen molar-refractivity contribution in [2.45, 2.75) is 32.3 Å². The summed E-state index contributed by atoms with van der Waals surface area (Å²) in [5.41, 5.74) is 4.66. The van der Waals surface area contributed by atoms with Crippen molar-refractivity contribution >= 4 is 32.8 Å². The maximum absolute atomic E-state index is 12.9. The Morgan fingerprint density at radius 2 is 1.80 bits per heavy atom. The number of benzene rings is 2. The molecule has 3 aromatic rings. The molecule has 4 heteroatoms. The lowest BCUT2D eigenvalue weighted by Crippen LogP contribution is -2.15. The van der Waals surface area contributed by atoms with Gasteiger partial charge in [0.05, 0.1) is 11.1 Å². The molecule has 0 N–H and O–H groups in total. The van der Waals surface area contributed by atoms with Gasteiger partial charge >= 0.3 is 5.97 Å². The van der Waals surface area contributed by atoms with Crippen LogP contribution in [-0.4, -0.2) is 11.0 Å². The van der Waals surface area contributed by atoms with Crippen molar-refractivity contribution in [1.82, 2.24) is 4.98 Å². The highest BCUT2D eigenvalue weighted by molar-refractivity contribution is 9.10. The maximum Gasteiger partial charge on any atom is 0.339 e. The van der Waals surface area contributed by atoms with Crippen LogP contribution in [0.2, 0.25) is 0 Å². The van der Waals surface area contributed by atoms with E-state index < -0.39 is 0 Å². The molecule has 0 fully saturated rings. The summed E-state index contributed by atoms with van der Waals surface area (Å²) in [6, 6.07) is 15.6. The zero-order valence-corrected chi connectivity index (χ0v) is 15.4. The second kappa shape index (κ2) is 6.96.